The van der Waals surface area contributed by atoms with Gasteiger partial charge in [-0.1, -0.05) is 13.3 Å². The molecule has 0 aliphatic heterocycles. The first-order valence-corrected chi connectivity index (χ1v) is 5.54. The van der Waals surface area contributed by atoms with Gasteiger partial charge in [0.25, 0.3) is 5.91 Å². The molecule has 3 N–H and O–H groups in total. The number of hydrogen-bond donors (Lipinski definition) is 3. The van der Waals surface area contributed by atoms with E-state index in [0.29, 0.717) is 12.8 Å². The normalized spacial score (nSPS) is 11.6. The van der Waals surface area contributed by atoms with Gasteiger partial charge in [0.1, 0.15) is 11.7 Å². The molecule has 19 heavy (non-hydrogen) atoms. The van der Waals surface area contributed by atoms with Crippen molar-refractivity contribution in [1.82, 2.24) is 15.3 Å². The monoisotopic (exact) mass is 267 g/mol. The molecule has 1 amide bonds. The highest BCUT2D eigenvalue weighted by molar-refractivity contribution is 5.95. The Kier molecular flexibility index (Phi) is 4.92. The summed E-state index contributed by atoms with van der Waals surface area (Å²) in [7, 11) is 0. The Morgan fingerprint density at radius 2 is 1.79 bits per heavy atom. The third-order valence-electron chi connectivity index (χ3n) is 2.28. The number of amides is 1. The van der Waals surface area contributed by atoms with Gasteiger partial charge in [0.15, 0.2) is 5.69 Å². The van der Waals surface area contributed by atoms with Crippen LogP contribution in [0.3, 0.4) is 0 Å². The molecule has 1 atom stereocenters. The van der Waals surface area contributed by atoms with E-state index in [1.807, 2.05) is 0 Å². The fourth-order valence-electron chi connectivity index (χ4n) is 1.33. The minimum atomic E-state index is -1.26. The standard InChI is InChI=1S/C11H13N3O5/c1-2-3-6(10(16)17)14-9(15)7-4-13-8(5-12-7)11(18)19/h4-6H,2-3H2,1H3,(H,14,15)(H,16,17)(H,18,19). The predicted molar refractivity (Wildman–Crippen MR) is 62.8 cm³/mol. The lowest BCUT2D eigenvalue weighted by molar-refractivity contribution is -0.139. The van der Waals surface area contributed by atoms with Gasteiger partial charge >= 0.3 is 11.9 Å². The summed E-state index contributed by atoms with van der Waals surface area (Å²) in [5.41, 5.74) is -0.424. The van der Waals surface area contributed by atoms with Crippen LogP contribution in [0, 0.1) is 0 Å². The van der Waals surface area contributed by atoms with E-state index in [1.165, 1.54) is 0 Å². The van der Waals surface area contributed by atoms with E-state index in [2.05, 4.69) is 15.3 Å². The third kappa shape index (κ3) is 4.02. The number of nitrogens with one attached hydrogen (secondary N) is 1. The number of hydrogen-bond acceptors (Lipinski definition) is 5. The molecule has 102 valence electrons. The van der Waals surface area contributed by atoms with Crippen LogP contribution in [0.25, 0.3) is 0 Å². The van der Waals surface area contributed by atoms with Crippen LogP contribution < -0.4 is 5.32 Å². The minimum absolute atomic E-state index is 0.132. The zero-order valence-electron chi connectivity index (χ0n) is 10.2. The first-order chi connectivity index (χ1) is 8.95. The summed E-state index contributed by atoms with van der Waals surface area (Å²) >= 11 is 0. The summed E-state index contributed by atoms with van der Waals surface area (Å²) in [6, 6.07) is -1.00. The molecule has 1 aromatic rings. The molecular weight excluding hydrogens is 254 g/mol. The van der Waals surface area contributed by atoms with E-state index in [0.717, 1.165) is 12.4 Å². The molecule has 0 bridgehead atoms. The summed E-state index contributed by atoms with van der Waals surface area (Å²) in [4.78, 5) is 40.3. The second kappa shape index (κ2) is 6.43. The zero-order chi connectivity index (χ0) is 14.4. The highest BCUT2D eigenvalue weighted by Crippen LogP contribution is 2.00. The number of carbonyl (C=O) groups excluding carboxylic acids is 1. The molecule has 8 nitrogen and oxygen atoms in total. The molecule has 0 aliphatic carbocycles. The van der Waals surface area contributed by atoms with E-state index < -0.39 is 23.9 Å². The van der Waals surface area contributed by atoms with Gasteiger partial charge in [0, 0.05) is 0 Å². The van der Waals surface area contributed by atoms with Crippen molar-refractivity contribution in [3.8, 4) is 0 Å². The quantitative estimate of drug-likeness (QED) is 0.669. The van der Waals surface area contributed by atoms with E-state index >= 15 is 0 Å². The summed E-state index contributed by atoms with van der Waals surface area (Å²) in [6.45, 7) is 1.80. The lowest BCUT2D eigenvalue weighted by atomic mass is 10.1. The van der Waals surface area contributed by atoms with Crippen LogP contribution in [-0.4, -0.2) is 44.1 Å². The van der Waals surface area contributed by atoms with Gasteiger partial charge in [-0.2, -0.15) is 0 Å². The van der Waals surface area contributed by atoms with Crippen LogP contribution in [0.2, 0.25) is 0 Å². The zero-order valence-corrected chi connectivity index (χ0v) is 10.2. The van der Waals surface area contributed by atoms with Gasteiger partial charge in [-0.25, -0.2) is 19.6 Å². The Bertz CT molecular complexity index is 486. The van der Waals surface area contributed by atoms with Crippen LogP contribution in [0.5, 0.6) is 0 Å². The topological polar surface area (TPSA) is 129 Å². The van der Waals surface area contributed by atoms with E-state index in [-0.39, 0.29) is 11.4 Å². The number of carboxylic acids is 2. The van der Waals surface area contributed by atoms with Crippen molar-refractivity contribution >= 4 is 17.8 Å². The van der Waals surface area contributed by atoms with Crippen LogP contribution in [0.4, 0.5) is 0 Å². The van der Waals surface area contributed by atoms with Gasteiger partial charge in [-0.3, -0.25) is 4.79 Å². The van der Waals surface area contributed by atoms with Crippen LogP contribution in [0.1, 0.15) is 40.7 Å². The van der Waals surface area contributed by atoms with Crippen molar-refractivity contribution < 1.29 is 24.6 Å². The Labute approximate surface area is 108 Å². The first kappa shape index (κ1) is 14.6. The Hall–Kier alpha value is -2.51. The van der Waals surface area contributed by atoms with Crippen molar-refractivity contribution in [2.75, 3.05) is 0 Å². The van der Waals surface area contributed by atoms with E-state index in [9.17, 15) is 14.4 Å². The second-order valence-corrected chi connectivity index (χ2v) is 3.74. The molecule has 0 radical (unpaired) electrons. The van der Waals surface area contributed by atoms with Gasteiger partial charge in [0.05, 0.1) is 12.4 Å². The van der Waals surface area contributed by atoms with Gasteiger partial charge in [-0.05, 0) is 6.42 Å². The number of aromatic nitrogens is 2. The molecule has 1 unspecified atom stereocenters. The van der Waals surface area contributed by atoms with Gasteiger partial charge < -0.3 is 15.5 Å². The number of carbonyl (C=O) groups is 3. The van der Waals surface area contributed by atoms with Crippen LogP contribution in [0.15, 0.2) is 12.4 Å². The van der Waals surface area contributed by atoms with E-state index in [4.69, 9.17) is 10.2 Å². The lowest BCUT2D eigenvalue weighted by Crippen LogP contribution is -2.41. The first-order valence-electron chi connectivity index (χ1n) is 5.54. The smallest absolute Gasteiger partial charge is 0.356 e. The van der Waals surface area contributed by atoms with Gasteiger partial charge in [0.2, 0.25) is 0 Å². The molecular formula is C11H13N3O5. The summed E-state index contributed by atoms with van der Waals surface area (Å²) in [5.74, 6) is -3.09. The molecule has 1 aromatic heterocycles. The van der Waals surface area contributed by atoms with Gasteiger partial charge in [-0.15, -0.1) is 0 Å². The molecule has 0 saturated heterocycles. The highest BCUT2D eigenvalue weighted by atomic mass is 16.4. The SMILES string of the molecule is CCCC(NC(=O)c1cnc(C(=O)O)cn1)C(=O)O. The average Bonchev–Trinajstić information content (AvgIpc) is 2.38. The number of aliphatic carboxylic acids is 1. The largest absolute Gasteiger partial charge is 0.480 e. The molecule has 8 heteroatoms. The van der Waals surface area contributed by atoms with Crippen molar-refractivity contribution in [2.45, 2.75) is 25.8 Å². The van der Waals surface area contributed by atoms with Crippen LogP contribution in [-0.2, 0) is 4.79 Å². The third-order valence-corrected chi connectivity index (χ3v) is 2.28. The summed E-state index contributed by atoms with van der Waals surface area (Å²) in [6.07, 6.45) is 2.82. The molecule has 0 aliphatic rings. The predicted octanol–water partition coefficient (Wildman–Crippen LogP) is 0.158. The average molecular weight is 267 g/mol. The molecule has 0 aromatic carbocycles. The number of aromatic carboxylic acids is 1. The molecule has 0 fully saturated rings. The number of rotatable bonds is 6. The fourth-order valence-corrected chi connectivity index (χ4v) is 1.33. The van der Waals surface area contributed by atoms with Crippen molar-refractivity contribution in [1.29, 1.82) is 0 Å². The maximum absolute atomic E-state index is 11.7. The summed E-state index contributed by atoms with van der Waals surface area (Å²) < 4.78 is 0. The minimum Gasteiger partial charge on any atom is -0.480 e. The fraction of sp³-hybridized carbons (Fsp3) is 0.364. The maximum Gasteiger partial charge on any atom is 0.356 e. The number of carboxylic acid groups (broad SMARTS) is 2. The maximum atomic E-state index is 11.7. The molecule has 1 rings (SSSR count). The van der Waals surface area contributed by atoms with Crippen molar-refractivity contribution in [3.63, 3.8) is 0 Å². The van der Waals surface area contributed by atoms with Crippen LogP contribution >= 0.6 is 0 Å². The van der Waals surface area contributed by atoms with Crippen molar-refractivity contribution in [2.24, 2.45) is 0 Å². The van der Waals surface area contributed by atoms with Crippen molar-refractivity contribution in [3.05, 3.63) is 23.8 Å². The second-order valence-electron chi connectivity index (χ2n) is 3.74. The molecule has 1 heterocycles. The summed E-state index contributed by atoms with van der Waals surface area (Å²) in [5, 5.41) is 19.8. The Morgan fingerprint density at radius 1 is 1.21 bits per heavy atom. The Balaban J connectivity index is 2.76. The highest BCUT2D eigenvalue weighted by Gasteiger charge is 2.20. The Morgan fingerprint density at radius 3 is 2.21 bits per heavy atom. The number of nitrogens with zero attached hydrogens (tertiary/aromatic N) is 2. The molecule has 0 saturated carbocycles. The van der Waals surface area contributed by atoms with E-state index in [1.54, 1.807) is 6.92 Å². The lowest BCUT2D eigenvalue weighted by Gasteiger charge is -2.12. The molecule has 0 spiro atoms.